The van der Waals surface area contributed by atoms with Crippen molar-refractivity contribution in [1.29, 1.82) is 0 Å². The minimum atomic E-state index is -0.107. The van der Waals surface area contributed by atoms with E-state index in [1.54, 1.807) is 17.2 Å². The molecule has 7 heteroatoms. The second-order valence-electron chi connectivity index (χ2n) is 6.12. The van der Waals surface area contributed by atoms with Gasteiger partial charge in [0.25, 0.3) is 11.5 Å². The van der Waals surface area contributed by atoms with Crippen LogP contribution in [0.3, 0.4) is 0 Å². The first-order chi connectivity index (χ1) is 12.1. The molecule has 7 nitrogen and oxygen atoms in total. The summed E-state index contributed by atoms with van der Waals surface area (Å²) in [6.45, 7) is 2.75. The van der Waals surface area contributed by atoms with Crippen LogP contribution in [0.15, 0.2) is 41.3 Å². The van der Waals surface area contributed by atoms with E-state index in [9.17, 15) is 9.59 Å². The number of benzene rings is 1. The van der Waals surface area contributed by atoms with Crippen molar-refractivity contribution in [2.75, 3.05) is 13.2 Å². The molecule has 1 amide bonds. The SMILES string of the molecule is Cc1ccccc1OCC(=O)N1CCc2c(nc3cc[nH]n3c2=O)C1. The molecule has 1 aromatic carbocycles. The summed E-state index contributed by atoms with van der Waals surface area (Å²) in [6, 6.07) is 9.33. The monoisotopic (exact) mass is 338 g/mol. The highest BCUT2D eigenvalue weighted by atomic mass is 16.5. The largest absolute Gasteiger partial charge is 0.484 e. The van der Waals surface area contributed by atoms with E-state index in [0.717, 1.165) is 5.56 Å². The number of nitrogens with one attached hydrogen (secondary N) is 1. The Hall–Kier alpha value is -3.09. The number of hydrogen-bond acceptors (Lipinski definition) is 4. The fraction of sp³-hybridized carbons (Fsp3) is 0.278. The van der Waals surface area contributed by atoms with Gasteiger partial charge in [0.2, 0.25) is 0 Å². The van der Waals surface area contributed by atoms with E-state index in [1.165, 1.54) is 4.52 Å². The van der Waals surface area contributed by atoms with Gasteiger partial charge >= 0.3 is 0 Å². The molecule has 1 N–H and O–H groups in total. The summed E-state index contributed by atoms with van der Waals surface area (Å²) in [5.74, 6) is 0.601. The maximum Gasteiger partial charge on any atom is 0.276 e. The second-order valence-corrected chi connectivity index (χ2v) is 6.12. The van der Waals surface area contributed by atoms with Crippen LogP contribution >= 0.6 is 0 Å². The minimum absolute atomic E-state index is 0.0223. The Kier molecular flexibility index (Phi) is 3.76. The first-order valence-electron chi connectivity index (χ1n) is 8.17. The fourth-order valence-corrected chi connectivity index (χ4v) is 3.09. The van der Waals surface area contributed by atoms with E-state index < -0.39 is 0 Å². The van der Waals surface area contributed by atoms with Crippen LogP contribution in [0.5, 0.6) is 5.75 Å². The number of aryl methyl sites for hydroxylation is 1. The summed E-state index contributed by atoms with van der Waals surface area (Å²) in [4.78, 5) is 31.1. The minimum Gasteiger partial charge on any atom is -0.484 e. The molecule has 0 atom stereocenters. The van der Waals surface area contributed by atoms with Crippen LogP contribution in [0.2, 0.25) is 0 Å². The van der Waals surface area contributed by atoms with Crippen LogP contribution in [0, 0.1) is 6.92 Å². The van der Waals surface area contributed by atoms with Crippen LogP contribution in [0.4, 0.5) is 0 Å². The van der Waals surface area contributed by atoms with Gasteiger partial charge in [0.15, 0.2) is 12.3 Å². The highest BCUT2D eigenvalue weighted by Gasteiger charge is 2.25. The molecule has 1 aliphatic rings. The highest BCUT2D eigenvalue weighted by Crippen LogP contribution is 2.18. The summed E-state index contributed by atoms with van der Waals surface area (Å²) in [5.41, 5.74) is 2.80. The molecule has 0 radical (unpaired) electrons. The van der Waals surface area contributed by atoms with Gasteiger partial charge in [-0.25, -0.2) is 9.50 Å². The zero-order valence-corrected chi connectivity index (χ0v) is 13.9. The van der Waals surface area contributed by atoms with E-state index in [0.29, 0.717) is 42.2 Å². The zero-order valence-electron chi connectivity index (χ0n) is 13.9. The number of para-hydroxylation sites is 1. The number of amides is 1. The van der Waals surface area contributed by atoms with Crippen LogP contribution in [0.25, 0.3) is 5.65 Å². The van der Waals surface area contributed by atoms with Crippen LogP contribution in [-0.2, 0) is 17.8 Å². The molecule has 3 aromatic rings. The molecule has 0 saturated carbocycles. The molecule has 0 spiro atoms. The Morgan fingerprint density at radius 1 is 1.32 bits per heavy atom. The summed E-state index contributed by atoms with van der Waals surface area (Å²) in [5, 5.41) is 2.86. The number of H-pyrrole nitrogens is 1. The van der Waals surface area contributed by atoms with Gasteiger partial charge in [0.05, 0.1) is 12.2 Å². The van der Waals surface area contributed by atoms with Crippen molar-refractivity contribution in [2.45, 2.75) is 19.9 Å². The van der Waals surface area contributed by atoms with E-state index in [-0.39, 0.29) is 18.1 Å². The van der Waals surface area contributed by atoms with Gasteiger partial charge in [-0.3, -0.25) is 14.7 Å². The van der Waals surface area contributed by atoms with Crippen molar-refractivity contribution in [3.8, 4) is 5.75 Å². The third-order valence-corrected chi connectivity index (χ3v) is 4.49. The Balaban J connectivity index is 1.50. The molecule has 128 valence electrons. The summed E-state index contributed by atoms with van der Waals surface area (Å²) in [6.07, 6.45) is 2.17. The van der Waals surface area contributed by atoms with Crippen molar-refractivity contribution in [1.82, 2.24) is 19.5 Å². The van der Waals surface area contributed by atoms with Crippen LogP contribution in [-0.4, -0.2) is 38.6 Å². The molecule has 2 aromatic heterocycles. The van der Waals surface area contributed by atoms with Gasteiger partial charge in [-0.15, -0.1) is 0 Å². The molecular weight excluding hydrogens is 320 g/mol. The maximum absolute atomic E-state index is 12.5. The smallest absolute Gasteiger partial charge is 0.276 e. The molecular formula is C18H18N4O3. The average molecular weight is 338 g/mol. The lowest BCUT2D eigenvalue weighted by molar-refractivity contribution is -0.134. The molecule has 0 bridgehead atoms. The topological polar surface area (TPSA) is 79.7 Å². The molecule has 1 aliphatic heterocycles. The zero-order chi connectivity index (χ0) is 17.4. The molecule has 3 heterocycles. The fourth-order valence-electron chi connectivity index (χ4n) is 3.09. The quantitative estimate of drug-likeness (QED) is 0.780. The van der Waals surface area contributed by atoms with E-state index in [1.807, 2.05) is 31.2 Å². The molecule has 4 rings (SSSR count). The molecule has 0 aliphatic carbocycles. The van der Waals surface area contributed by atoms with E-state index >= 15 is 0 Å². The lowest BCUT2D eigenvalue weighted by atomic mass is 10.1. The maximum atomic E-state index is 12.5. The van der Waals surface area contributed by atoms with Crippen molar-refractivity contribution >= 4 is 11.6 Å². The van der Waals surface area contributed by atoms with E-state index in [2.05, 4.69) is 10.1 Å². The first-order valence-corrected chi connectivity index (χ1v) is 8.17. The van der Waals surface area contributed by atoms with Gasteiger partial charge in [-0.1, -0.05) is 18.2 Å². The Morgan fingerprint density at radius 2 is 2.16 bits per heavy atom. The lowest BCUT2D eigenvalue weighted by Gasteiger charge is -2.27. The molecule has 0 saturated heterocycles. The number of carbonyl (C=O) groups excluding carboxylic acids is 1. The Bertz CT molecular complexity index is 1000. The average Bonchev–Trinajstić information content (AvgIpc) is 3.09. The summed E-state index contributed by atoms with van der Waals surface area (Å²) in [7, 11) is 0. The number of aromatic nitrogens is 3. The number of ether oxygens (including phenoxy) is 1. The lowest BCUT2D eigenvalue weighted by Crippen LogP contribution is -2.41. The third-order valence-electron chi connectivity index (χ3n) is 4.49. The van der Waals surface area contributed by atoms with Gasteiger partial charge in [-0.05, 0) is 25.0 Å². The highest BCUT2D eigenvalue weighted by molar-refractivity contribution is 5.78. The predicted molar refractivity (Wildman–Crippen MR) is 91.6 cm³/mol. The van der Waals surface area contributed by atoms with Gasteiger partial charge in [0, 0.05) is 24.4 Å². The van der Waals surface area contributed by atoms with Crippen LogP contribution in [0.1, 0.15) is 16.8 Å². The van der Waals surface area contributed by atoms with Crippen molar-refractivity contribution in [3.05, 3.63) is 63.7 Å². The third kappa shape index (κ3) is 2.77. The number of fused-ring (bicyclic) bond motifs is 2. The number of nitrogens with zero attached hydrogens (tertiary/aromatic N) is 3. The second kappa shape index (κ2) is 6.08. The Labute approximate surface area is 143 Å². The van der Waals surface area contributed by atoms with Gasteiger partial charge < -0.3 is 9.64 Å². The van der Waals surface area contributed by atoms with Crippen molar-refractivity contribution < 1.29 is 9.53 Å². The van der Waals surface area contributed by atoms with Gasteiger partial charge in [-0.2, -0.15) is 0 Å². The predicted octanol–water partition coefficient (Wildman–Crippen LogP) is 1.29. The number of aromatic amines is 1. The van der Waals surface area contributed by atoms with Gasteiger partial charge in [0.1, 0.15) is 5.75 Å². The molecule has 0 fully saturated rings. The number of carbonyl (C=O) groups is 1. The van der Waals surface area contributed by atoms with Crippen molar-refractivity contribution in [2.24, 2.45) is 0 Å². The normalized spacial score (nSPS) is 13.7. The van der Waals surface area contributed by atoms with Crippen LogP contribution < -0.4 is 10.3 Å². The van der Waals surface area contributed by atoms with E-state index in [4.69, 9.17) is 4.74 Å². The van der Waals surface area contributed by atoms with Crippen molar-refractivity contribution in [3.63, 3.8) is 0 Å². The molecule has 0 unspecified atom stereocenters. The number of hydrogen-bond donors (Lipinski definition) is 1. The number of rotatable bonds is 3. The summed E-state index contributed by atoms with van der Waals surface area (Å²) >= 11 is 0. The summed E-state index contributed by atoms with van der Waals surface area (Å²) < 4.78 is 7.07. The standard InChI is InChI=1S/C18H18N4O3/c1-12-4-2-3-5-15(12)25-11-17(23)21-9-7-13-14(10-21)20-16-6-8-19-22(16)18(13)24/h2-6,8,19H,7,9-11H2,1H3. The molecule has 25 heavy (non-hydrogen) atoms. The first kappa shape index (κ1) is 15.4. The Morgan fingerprint density at radius 3 is 3.00 bits per heavy atom.